The van der Waals surface area contributed by atoms with E-state index in [1.165, 1.54) is 0 Å². The van der Waals surface area contributed by atoms with Crippen molar-refractivity contribution in [3.8, 4) is 5.75 Å². The first kappa shape index (κ1) is 19.8. The largest absolute Gasteiger partial charge is 0.493 e. The second-order valence-electron chi connectivity index (χ2n) is 7.37. The number of hydrogen-bond donors (Lipinski definition) is 0. The number of alkyl halides is 3. The molecule has 0 N–H and O–H groups in total. The highest BCUT2D eigenvalue weighted by atomic mass is 19.4. The van der Waals surface area contributed by atoms with E-state index in [0.29, 0.717) is 42.3 Å². The molecule has 2 aliphatic heterocycles. The molecule has 6 nitrogen and oxygen atoms in total. The van der Waals surface area contributed by atoms with Gasteiger partial charge in [-0.2, -0.15) is 18.3 Å². The number of morpholine rings is 1. The number of ether oxygens (including phenoxy) is 2. The molecule has 9 heteroatoms. The first-order chi connectivity index (χ1) is 13.7. The summed E-state index contributed by atoms with van der Waals surface area (Å²) in [6.07, 6.45) is -3.61. The fourth-order valence-corrected chi connectivity index (χ4v) is 4.09. The Morgan fingerprint density at radius 1 is 1.28 bits per heavy atom. The van der Waals surface area contributed by atoms with E-state index >= 15 is 0 Å². The highest BCUT2D eigenvalue weighted by molar-refractivity contribution is 5.95. The van der Waals surface area contributed by atoms with Crippen LogP contribution in [-0.4, -0.2) is 53.1 Å². The summed E-state index contributed by atoms with van der Waals surface area (Å²) in [6.45, 7) is 3.67. The molecule has 2 aliphatic rings. The Balaban J connectivity index is 1.65. The zero-order valence-corrected chi connectivity index (χ0v) is 16.3. The van der Waals surface area contributed by atoms with Gasteiger partial charge in [-0.1, -0.05) is 0 Å². The van der Waals surface area contributed by atoms with Crippen molar-refractivity contribution < 1.29 is 27.4 Å². The molecule has 1 amide bonds. The molecular formula is C20H22F3N3O3. The van der Waals surface area contributed by atoms with Gasteiger partial charge in [0.05, 0.1) is 31.6 Å². The average Bonchev–Trinajstić information content (AvgIpc) is 3.23. The van der Waals surface area contributed by atoms with Crippen molar-refractivity contribution in [1.82, 2.24) is 14.7 Å². The predicted octanol–water partition coefficient (Wildman–Crippen LogP) is 3.21. The first-order valence-corrected chi connectivity index (χ1v) is 9.49. The molecule has 0 radical (unpaired) electrons. The molecule has 0 saturated carbocycles. The number of halogens is 3. The Morgan fingerprint density at radius 2 is 2.07 bits per heavy atom. The molecule has 3 heterocycles. The molecule has 1 aromatic heterocycles. The third kappa shape index (κ3) is 3.83. The fourth-order valence-electron chi connectivity index (χ4n) is 4.09. The summed E-state index contributed by atoms with van der Waals surface area (Å²) in [5.41, 5.74) is 3.02. The number of carbonyl (C=O) groups is 1. The average molecular weight is 409 g/mol. The van der Waals surface area contributed by atoms with E-state index in [1.807, 2.05) is 6.07 Å². The lowest BCUT2D eigenvalue weighted by atomic mass is 10.0. The van der Waals surface area contributed by atoms with Gasteiger partial charge in [0, 0.05) is 29.8 Å². The lowest BCUT2D eigenvalue weighted by molar-refractivity contribution is -0.143. The van der Waals surface area contributed by atoms with E-state index < -0.39 is 18.8 Å². The van der Waals surface area contributed by atoms with E-state index in [0.717, 1.165) is 22.4 Å². The zero-order valence-electron chi connectivity index (χ0n) is 16.3. The van der Waals surface area contributed by atoms with Gasteiger partial charge in [-0.15, -0.1) is 0 Å². The second-order valence-corrected chi connectivity index (χ2v) is 7.37. The van der Waals surface area contributed by atoms with Crippen LogP contribution >= 0.6 is 0 Å². The lowest BCUT2D eigenvalue weighted by Gasteiger charge is -2.36. The topological polar surface area (TPSA) is 56.6 Å². The predicted molar refractivity (Wildman–Crippen MR) is 98.0 cm³/mol. The molecule has 156 valence electrons. The number of aryl methyl sites for hydroxylation is 1. The molecule has 1 aromatic carbocycles. The lowest BCUT2D eigenvalue weighted by Crippen LogP contribution is -2.43. The van der Waals surface area contributed by atoms with Gasteiger partial charge >= 0.3 is 6.18 Å². The molecule has 2 aromatic rings. The minimum Gasteiger partial charge on any atom is -0.493 e. The number of rotatable bonds is 3. The van der Waals surface area contributed by atoms with Crippen molar-refractivity contribution in [3.05, 3.63) is 46.3 Å². The molecule has 1 saturated heterocycles. The van der Waals surface area contributed by atoms with E-state index in [4.69, 9.17) is 9.47 Å². The minimum absolute atomic E-state index is 0.171. The summed E-state index contributed by atoms with van der Waals surface area (Å²) >= 11 is 0. The third-order valence-electron chi connectivity index (χ3n) is 5.43. The Kier molecular flexibility index (Phi) is 5.02. The second kappa shape index (κ2) is 7.37. The summed E-state index contributed by atoms with van der Waals surface area (Å²) in [5.74, 6) is 0.621. The quantitative estimate of drug-likeness (QED) is 0.781. The van der Waals surface area contributed by atoms with Gasteiger partial charge in [-0.3, -0.25) is 9.48 Å². The van der Waals surface area contributed by atoms with Gasteiger partial charge in [-0.05, 0) is 37.6 Å². The van der Waals surface area contributed by atoms with Crippen molar-refractivity contribution in [3.63, 3.8) is 0 Å². The molecule has 0 spiro atoms. The van der Waals surface area contributed by atoms with Gasteiger partial charge in [0.2, 0.25) is 0 Å². The van der Waals surface area contributed by atoms with Crippen LogP contribution in [0.25, 0.3) is 0 Å². The van der Waals surface area contributed by atoms with Crippen LogP contribution in [0.3, 0.4) is 0 Å². The van der Waals surface area contributed by atoms with Crippen LogP contribution in [0.5, 0.6) is 5.75 Å². The number of carbonyl (C=O) groups excluding carboxylic acids is 1. The van der Waals surface area contributed by atoms with Crippen molar-refractivity contribution >= 4 is 5.91 Å². The van der Waals surface area contributed by atoms with E-state index in [1.54, 1.807) is 30.9 Å². The highest BCUT2D eigenvalue weighted by Crippen LogP contribution is 2.33. The van der Waals surface area contributed by atoms with Gasteiger partial charge in [-0.25, -0.2) is 0 Å². The summed E-state index contributed by atoms with van der Waals surface area (Å²) in [7, 11) is 0. The summed E-state index contributed by atoms with van der Waals surface area (Å²) < 4.78 is 50.7. The van der Waals surface area contributed by atoms with Gasteiger partial charge < -0.3 is 14.4 Å². The number of amides is 1. The molecule has 1 fully saturated rings. The number of benzene rings is 1. The monoisotopic (exact) mass is 409 g/mol. The van der Waals surface area contributed by atoms with E-state index in [2.05, 4.69) is 5.10 Å². The maximum atomic E-state index is 13.3. The summed E-state index contributed by atoms with van der Waals surface area (Å²) in [4.78, 5) is 14.9. The Labute approximate surface area is 166 Å². The van der Waals surface area contributed by atoms with Crippen LogP contribution < -0.4 is 4.74 Å². The maximum absolute atomic E-state index is 13.3. The van der Waals surface area contributed by atoms with Crippen molar-refractivity contribution in [2.45, 2.75) is 39.0 Å². The van der Waals surface area contributed by atoms with E-state index in [-0.39, 0.29) is 12.5 Å². The van der Waals surface area contributed by atoms with Crippen LogP contribution in [-0.2, 0) is 17.7 Å². The number of aromatic nitrogens is 2. The molecule has 0 bridgehead atoms. The minimum atomic E-state index is -4.37. The smallest absolute Gasteiger partial charge is 0.408 e. The van der Waals surface area contributed by atoms with Crippen LogP contribution in [0.1, 0.15) is 38.9 Å². The molecule has 29 heavy (non-hydrogen) atoms. The van der Waals surface area contributed by atoms with E-state index in [9.17, 15) is 18.0 Å². The fraction of sp³-hybridized carbons (Fsp3) is 0.500. The molecule has 4 rings (SSSR count). The molecule has 1 unspecified atom stereocenters. The van der Waals surface area contributed by atoms with Crippen LogP contribution in [0, 0.1) is 13.8 Å². The van der Waals surface area contributed by atoms with Gasteiger partial charge in [0.25, 0.3) is 5.91 Å². The Hall–Kier alpha value is -2.55. The standard InChI is InChI=1S/C20H22F3N3O3/c1-12-18(13(2)26(24-12)11-20(21,22)23)16-10-28-8-6-25(16)19(27)15-3-4-17-14(9-15)5-7-29-17/h3-4,9,16H,5-8,10-11H2,1-2H3. The Morgan fingerprint density at radius 3 is 2.83 bits per heavy atom. The summed E-state index contributed by atoms with van der Waals surface area (Å²) in [6, 6.07) is 4.88. The Bertz CT molecular complexity index is 939. The van der Waals surface area contributed by atoms with Crippen LogP contribution in [0.15, 0.2) is 18.2 Å². The first-order valence-electron chi connectivity index (χ1n) is 9.49. The normalized spacial score (nSPS) is 19.2. The molecular weight excluding hydrogens is 387 g/mol. The van der Waals surface area contributed by atoms with Crippen LogP contribution in [0.2, 0.25) is 0 Å². The highest BCUT2D eigenvalue weighted by Gasteiger charge is 2.36. The van der Waals surface area contributed by atoms with Crippen molar-refractivity contribution in [2.75, 3.05) is 26.4 Å². The number of hydrogen-bond acceptors (Lipinski definition) is 4. The van der Waals surface area contributed by atoms with Crippen molar-refractivity contribution in [2.24, 2.45) is 0 Å². The molecule has 1 atom stereocenters. The zero-order chi connectivity index (χ0) is 20.8. The summed E-state index contributed by atoms with van der Waals surface area (Å²) in [5, 5.41) is 4.07. The number of nitrogens with zero attached hydrogens (tertiary/aromatic N) is 3. The number of fused-ring (bicyclic) bond motifs is 1. The van der Waals surface area contributed by atoms with Crippen LogP contribution in [0.4, 0.5) is 13.2 Å². The SMILES string of the molecule is Cc1nn(CC(F)(F)F)c(C)c1C1COCCN1C(=O)c1ccc2c(c1)CCO2. The maximum Gasteiger partial charge on any atom is 0.408 e. The third-order valence-corrected chi connectivity index (χ3v) is 5.43. The molecule has 0 aliphatic carbocycles. The van der Waals surface area contributed by atoms with Gasteiger partial charge in [0.1, 0.15) is 12.3 Å². The van der Waals surface area contributed by atoms with Crippen molar-refractivity contribution in [1.29, 1.82) is 0 Å². The van der Waals surface area contributed by atoms with Gasteiger partial charge in [0.15, 0.2) is 0 Å².